The fourth-order valence-corrected chi connectivity index (χ4v) is 4.65. The van der Waals surface area contributed by atoms with Crippen molar-refractivity contribution in [2.45, 2.75) is 25.3 Å². The van der Waals surface area contributed by atoms with Gasteiger partial charge in [-0.2, -0.15) is 0 Å². The van der Waals surface area contributed by atoms with Crippen molar-refractivity contribution in [2.24, 2.45) is 0 Å². The number of H-pyrrole nitrogens is 1. The predicted octanol–water partition coefficient (Wildman–Crippen LogP) is 3.88. The Kier molecular flexibility index (Phi) is 6.30. The van der Waals surface area contributed by atoms with Crippen LogP contribution in [0.4, 0.5) is 0 Å². The first kappa shape index (κ1) is 22.4. The molecule has 35 heavy (non-hydrogen) atoms. The normalized spacial score (nSPS) is 14.7. The van der Waals surface area contributed by atoms with E-state index in [4.69, 9.17) is 0 Å². The molecule has 0 spiro atoms. The van der Waals surface area contributed by atoms with E-state index in [1.54, 1.807) is 4.90 Å². The molecule has 3 amide bonds. The number of rotatable bonds is 7. The minimum absolute atomic E-state index is 0.0670. The highest BCUT2D eigenvalue weighted by Gasteiger charge is 2.38. The number of amides is 3. The predicted molar refractivity (Wildman–Crippen MR) is 133 cm³/mol. The fraction of sp³-hybridized carbons (Fsp3) is 0.179. The lowest BCUT2D eigenvalue weighted by Crippen LogP contribution is -2.43. The standard InChI is InChI=1S/C28H26N4O3/c33-25(15-14-19-8-2-1-3-9-19)30-31-26(34)16-17-32-27(21-11-4-5-12-22(21)28(32)35)23-18-29-24-13-7-6-10-20(23)24/h1-13,18,27,29H,14-17H2,(H,30,33)(H,31,34)/t27-/m0/s1. The number of para-hydroxylation sites is 1. The number of carbonyl (C=O) groups excluding carboxylic acids is 3. The third-order valence-corrected chi connectivity index (χ3v) is 6.38. The molecule has 7 nitrogen and oxygen atoms in total. The molecule has 4 aromatic rings. The van der Waals surface area contributed by atoms with Crippen molar-refractivity contribution in [2.75, 3.05) is 6.54 Å². The maximum Gasteiger partial charge on any atom is 0.255 e. The molecule has 2 heterocycles. The summed E-state index contributed by atoms with van der Waals surface area (Å²) in [4.78, 5) is 42.9. The van der Waals surface area contributed by atoms with Crippen LogP contribution < -0.4 is 10.9 Å². The van der Waals surface area contributed by atoms with Gasteiger partial charge < -0.3 is 9.88 Å². The minimum Gasteiger partial charge on any atom is -0.361 e. The van der Waals surface area contributed by atoms with E-state index in [-0.39, 0.29) is 43.1 Å². The molecule has 5 rings (SSSR count). The van der Waals surface area contributed by atoms with Crippen molar-refractivity contribution in [3.05, 3.63) is 107 Å². The Labute approximate surface area is 203 Å². The molecule has 3 aromatic carbocycles. The number of aromatic nitrogens is 1. The lowest BCUT2D eigenvalue weighted by Gasteiger charge is -2.25. The summed E-state index contributed by atoms with van der Waals surface area (Å²) < 4.78 is 0. The third-order valence-electron chi connectivity index (χ3n) is 6.38. The maximum atomic E-state index is 13.3. The zero-order valence-electron chi connectivity index (χ0n) is 19.2. The molecule has 0 saturated carbocycles. The van der Waals surface area contributed by atoms with E-state index in [1.807, 2.05) is 85.1 Å². The average Bonchev–Trinajstić information content (AvgIpc) is 3.44. The zero-order valence-corrected chi connectivity index (χ0v) is 19.2. The summed E-state index contributed by atoms with van der Waals surface area (Å²) in [6.07, 6.45) is 2.87. The number of benzene rings is 3. The van der Waals surface area contributed by atoms with E-state index in [9.17, 15) is 14.4 Å². The van der Waals surface area contributed by atoms with Gasteiger partial charge in [0.1, 0.15) is 0 Å². The molecule has 0 radical (unpaired) electrons. The van der Waals surface area contributed by atoms with E-state index in [2.05, 4.69) is 15.8 Å². The van der Waals surface area contributed by atoms with Crippen LogP contribution in [0.1, 0.15) is 45.9 Å². The highest BCUT2D eigenvalue weighted by Crippen LogP contribution is 2.41. The minimum atomic E-state index is -0.348. The van der Waals surface area contributed by atoms with Gasteiger partial charge in [-0.05, 0) is 29.7 Å². The topological polar surface area (TPSA) is 94.3 Å². The molecule has 1 aromatic heterocycles. The number of hydrogen-bond donors (Lipinski definition) is 3. The van der Waals surface area contributed by atoms with Crippen LogP contribution in [0.2, 0.25) is 0 Å². The van der Waals surface area contributed by atoms with Crippen molar-refractivity contribution in [1.29, 1.82) is 0 Å². The number of aryl methyl sites for hydroxylation is 1. The summed E-state index contributed by atoms with van der Waals surface area (Å²) in [6.45, 7) is 0.226. The van der Waals surface area contributed by atoms with Gasteiger partial charge in [-0.25, -0.2) is 0 Å². The molecule has 1 aliphatic heterocycles. The van der Waals surface area contributed by atoms with Gasteiger partial charge in [0.2, 0.25) is 11.8 Å². The van der Waals surface area contributed by atoms with Gasteiger partial charge in [0.05, 0.1) is 6.04 Å². The van der Waals surface area contributed by atoms with E-state index >= 15 is 0 Å². The van der Waals surface area contributed by atoms with Crippen molar-refractivity contribution >= 4 is 28.6 Å². The zero-order chi connectivity index (χ0) is 24.2. The van der Waals surface area contributed by atoms with Gasteiger partial charge in [0.15, 0.2) is 0 Å². The smallest absolute Gasteiger partial charge is 0.255 e. The first-order chi connectivity index (χ1) is 17.1. The second-order valence-corrected chi connectivity index (χ2v) is 8.61. The summed E-state index contributed by atoms with van der Waals surface area (Å²) in [5.41, 5.74) is 9.57. The summed E-state index contributed by atoms with van der Waals surface area (Å²) >= 11 is 0. The van der Waals surface area contributed by atoms with Crippen molar-refractivity contribution < 1.29 is 14.4 Å². The van der Waals surface area contributed by atoms with E-state index < -0.39 is 0 Å². The van der Waals surface area contributed by atoms with Gasteiger partial charge in [-0.1, -0.05) is 66.7 Å². The Morgan fingerprint density at radius 3 is 2.31 bits per heavy atom. The number of aromatic amines is 1. The van der Waals surface area contributed by atoms with Crippen LogP contribution in [0.15, 0.2) is 85.1 Å². The van der Waals surface area contributed by atoms with Crippen LogP contribution in [0, 0.1) is 0 Å². The molecule has 176 valence electrons. The average molecular weight is 467 g/mol. The molecule has 0 unspecified atom stereocenters. The number of hydrazine groups is 1. The molecule has 0 fully saturated rings. The summed E-state index contributed by atoms with van der Waals surface area (Å²) in [5.74, 6) is -0.710. The number of nitrogens with zero attached hydrogens (tertiary/aromatic N) is 1. The van der Waals surface area contributed by atoms with E-state index in [1.165, 1.54) is 0 Å². The second-order valence-electron chi connectivity index (χ2n) is 8.61. The van der Waals surface area contributed by atoms with Crippen LogP contribution >= 0.6 is 0 Å². The number of carbonyl (C=O) groups is 3. The number of hydrogen-bond acceptors (Lipinski definition) is 3. The largest absolute Gasteiger partial charge is 0.361 e. The van der Waals surface area contributed by atoms with Crippen LogP contribution in [0.5, 0.6) is 0 Å². The number of fused-ring (bicyclic) bond motifs is 2. The van der Waals surface area contributed by atoms with Crippen molar-refractivity contribution in [3.63, 3.8) is 0 Å². The lowest BCUT2D eigenvalue weighted by molar-refractivity contribution is -0.129. The van der Waals surface area contributed by atoms with Gasteiger partial charge in [-0.15, -0.1) is 0 Å². The third kappa shape index (κ3) is 4.66. The lowest BCUT2D eigenvalue weighted by atomic mass is 9.97. The second kappa shape index (κ2) is 9.85. The highest BCUT2D eigenvalue weighted by molar-refractivity contribution is 6.01. The summed E-state index contributed by atoms with van der Waals surface area (Å²) in [6, 6.07) is 24.9. The highest BCUT2D eigenvalue weighted by atomic mass is 16.2. The Hall–Kier alpha value is -4.39. The summed E-state index contributed by atoms with van der Waals surface area (Å²) in [5, 5.41) is 1.04. The van der Waals surface area contributed by atoms with Gasteiger partial charge >= 0.3 is 0 Å². The molecular weight excluding hydrogens is 440 g/mol. The van der Waals surface area contributed by atoms with Crippen LogP contribution in [-0.4, -0.2) is 34.2 Å². The maximum absolute atomic E-state index is 13.3. The first-order valence-electron chi connectivity index (χ1n) is 11.7. The Bertz CT molecular complexity index is 1380. The first-order valence-corrected chi connectivity index (χ1v) is 11.7. The van der Waals surface area contributed by atoms with Gasteiger partial charge in [0, 0.05) is 47.6 Å². The SMILES string of the molecule is O=C(CCc1ccccc1)NNC(=O)CCN1C(=O)c2ccccc2[C@H]1c1c[nH]c2ccccc12. The fourth-order valence-electron chi connectivity index (χ4n) is 4.65. The van der Waals surface area contributed by atoms with Crippen LogP contribution in [0.25, 0.3) is 10.9 Å². The Morgan fingerprint density at radius 2 is 1.49 bits per heavy atom. The van der Waals surface area contributed by atoms with Gasteiger partial charge in [-0.3, -0.25) is 25.2 Å². The summed E-state index contributed by atoms with van der Waals surface area (Å²) in [7, 11) is 0. The Balaban J connectivity index is 1.23. The van der Waals surface area contributed by atoms with Crippen molar-refractivity contribution in [1.82, 2.24) is 20.7 Å². The van der Waals surface area contributed by atoms with E-state index in [0.29, 0.717) is 12.0 Å². The van der Waals surface area contributed by atoms with Crippen LogP contribution in [0.3, 0.4) is 0 Å². The molecule has 0 aliphatic carbocycles. The molecule has 1 atom stereocenters. The molecule has 1 aliphatic rings. The molecule has 0 saturated heterocycles. The number of nitrogens with one attached hydrogen (secondary N) is 3. The molecular formula is C28H26N4O3. The molecule has 0 bridgehead atoms. The quantitative estimate of drug-likeness (QED) is 0.361. The molecule has 3 N–H and O–H groups in total. The van der Waals surface area contributed by atoms with Crippen LogP contribution in [-0.2, 0) is 16.0 Å². The molecule has 7 heteroatoms. The van der Waals surface area contributed by atoms with Gasteiger partial charge in [0.25, 0.3) is 5.91 Å². The Morgan fingerprint density at radius 1 is 0.800 bits per heavy atom. The monoisotopic (exact) mass is 466 g/mol. The van der Waals surface area contributed by atoms with Crippen molar-refractivity contribution in [3.8, 4) is 0 Å². The van der Waals surface area contributed by atoms with E-state index in [0.717, 1.165) is 27.6 Å².